The van der Waals surface area contributed by atoms with E-state index in [1.54, 1.807) is 7.11 Å². The lowest BCUT2D eigenvalue weighted by molar-refractivity contribution is -0.318. The van der Waals surface area contributed by atoms with Crippen LogP contribution in [0.25, 0.3) is 0 Å². The summed E-state index contributed by atoms with van der Waals surface area (Å²) in [6.45, 7) is 0.495. The van der Waals surface area contributed by atoms with Crippen LogP contribution in [0.4, 0.5) is 0 Å². The van der Waals surface area contributed by atoms with E-state index in [-0.39, 0.29) is 19.0 Å². The molecule has 2 aliphatic heterocycles. The molecular formula is C22H24O7. The van der Waals surface area contributed by atoms with Crippen LogP contribution >= 0.6 is 0 Å². The topological polar surface area (TPSA) is 72.5 Å². The number of Topliss-reactive ketones (excluding diaryl/α,β-unsaturated/α-hetero) is 1. The van der Waals surface area contributed by atoms with Crippen molar-refractivity contribution in [2.75, 3.05) is 20.8 Å². The lowest BCUT2D eigenvalue weighted by atomic mass is 9.99. The van der Waals surface area contributed by atoms with Gasteiger partial charge in [-0.1, -0.05) is 42.5 Å². The van der Waals surface area contributed by atoms with E-state index in [4.69, 9.17) is 28.4 Å². The standard InChI is InChI=1S/C22H24O7/c1-24-16-10-8-15(9-11-16)21-27-13-17-19(29-21)18(23)20(22(25-2)28-17)26-12-14-6-4-3-5-7-14/h3-11,17,19-22H,12-13H2,1-2H3/t17-,19+,20-,21+,22-/m0/s1. The molecule has 2 aromatic rings. The lowest BCUT2D eigenvalue weighted by Gasteiger charge is -2.43. The molecule has 2 aromatic carbocycles. The van der Waals surface area contributed by atoms with Crippen molar-refractivity contribution in [3.63, 3.8) is 0 Å². The SMILES string of the molecule is COc1ccc([C@@H]2OC[C@@H]3O[C@H](OC)[C@@H](OCc4ccccc4)C(=O)[C@@H]3O2)cc1. The first-order valence-corrected chi connectivity index (χ1v) is 9.48. The quantitative estimate of drug-likeness (QED) is 0.738. The molecule has 0 aliphatic carbocycles. The molecule has 0 N–H and O–H groups in total. The van der Waals surface area contributed by atoms with Gasteiger partial charge in [0.15, 0.2) is 30.6 Å². The smallest absolute Gasteiger partial charge is 0.198 e. The predicted molar refractivity (Wildman–Crippen MR) is 102 cm³/mol. The molecule has 7 heteroatoms. The highest BCUT2D eigenvalue weighted by atomic mass is 16.8. The number of rotatable bonds is 6. The molecule has 0 saturated carbocycles. The second-order valence-corrected chi connectivity index (χ2v) is 6.89. The zero-order chi connectivity index (χ0) is 20.2. The van der Waals surface area contributed by atoms with Gasteiger partial charge < -0.3 is 28.4 Å². The van der Waals surface area contributed by atoms with Gasteiger partial charge in [0.05, 0.1) is 20.3 Å². The van der Waals surface area contributed by atoms with Crippen molar-refractivity contribution in [2.24, 2.45) is 0 Å². The summed E-state index contributed by atoms with van der Waals surface area (Å²) >= 11 is 0. The number of methoxy groups -OCH3 is 2. The van der Waals surface area contributed by atoms with Gasteiger partial charge in [0.2, 0.25) is 0 Å². The monoisotopic (exact) mass is 400 g/mol. The summed E-state index contributed by atoms with van der Waals surface area (Å²) in [7, 11) is 3.09. The first kappa shape index (κ1) is 20.0. The molecule has 5 atom stereocenters. The fourth-order valence-corrected chi connectivity index (χ4v) is 3.47. The maximum Gasteiger partial charge on any atom is 0.198 e. The average molecular weight is 400 g/mol. The van der Waals surface area contributed by atoms with Crippen molar-refractivity contribution in [2.45, 2.75) is 37.5 Å². The zero-order valence-corrected chi connectivity index (χ0v) is 16.4. The van der Waals surface area contributed by atoms with Gasteiger partial charge in [0, 0.05) is 12.7 Å². The van der Waals surface area contributed by atoms with Gasteiger partial charge in [-0.15, -0.1) is 0 Å². The summed E-state index contributed by atoms with van der Waals surface area (Å²) in [6, 6.07) is 17.0. The third-order valence-corrected chi connectivity index (χ3v) is 5.03. The third kappa shape index (κ3) is 4.34. The van der Waals surface area contributed by atoms with Gasteiger partial charge in [-0.25, -0.2) is 0 Å². The minimum absolute atomic E-state index is 0.203. The van der Waals surface area contributed by atoms with Crippen molar-refractivity contribution in [3.05, 3.63) is 65.7 Å². The molecule has 2 aliphatic rings. The van der Waals surface area contributed by atoms with Crippen LogP contribution in [0.5, 0.6) is 5.75 Å². The van der Waals surface area contributed by atoms with Gasteiger partial charge in [-0.05, 0) is 17.7 Å². The number of hydrogen-bond donors (Lipinski definition) is 0. The molecule has 0 aromatic heterocycles. The van der Waals surface area contributed by atoms with E-state index in [1.165, 1.54) is 7.11 Å². The normalized spacial score (nSPS) is 29.3. The first-order chi connectivity index (χ1) is 14.2. The fraction of sp³-hybridized carbons (Fsp3) is 0.409. The molecule has 2 fully saturated rings. The van der Waals surface area contributed by atoms with Crippen LogP contribution < -0.4 is 4.74 Å². The van der Waals surface area contributed by atoms with Gasteiger partial charge in [-0.2, -0.15) is 0 Å². The fourth-order valence-electron chi connectivity index (χ4n) is 3.47. The Labute approximate surface area is 169 Å². The molecule has 7 nitrogen and oxygen atoms in total. The van der Waals surface area contributed by atoms with E-state index in [1.807, 2.05) is 54.6 Å². The molecule has 2 saturated heterocycles. The maximum absolute atomic E-state index is 13.1. The number of carbonyl (C=O) groups excluding carboxylic acids is 1. The van der Waals surface area contributed by atoms with Crippen molar-refractivity contribution < 1.29 is 33.2 Å². The lowest BCUT2D eigenvalue weighted by Crippen LogP contribution is -2.60. The summed E-state index contributed by atoms with van der Waals surface area (Å²) in [6.07, 6.45) is -3.68. The van der Waals surface area contributed by atoms with Crippen molar-refractivity contribution >= 4 is 5.78 Å². The highest BCUT2D eigenvalue weighted by molar-refractivity contribution is 5.89. The zero-order valence-electron chi connectivity index (χ0n) is 16.4. The Morgan fingerprint density at radius 3 is 2.45 bits per heavy atom. The van der Waals surface area contributed by atoms with E-state index in [2.05, 4.69) is 0 Å². The van der Waals surface area contributed by atoms with E-state index in [0.29, 0.717) is 0 Å². The van der Waals surface area contributed by atoms with Crippen LogP contribution in [0, 0.1) is 0 Å². The average Bonchev–Trinajstić information content (AvgIpc) is 2.79. The van der Waals surface area contributed by atoms with Crippen LogP contribution in [0.15, 0.2) is 54.6 Å². The maximum atomic E-state index is 13.1. The van der Waals surface area contributed by atoms with Crippen LogP contribution in [-0.4, -0.2) is 51.2 Å². The largest absolute Gasteiger partial charge is 0.497 e. The second kappa shape index (κ2) is 9.02. The number of ketones is 1. The van der Waals surface area contributed by atoms with Gasteiger partial charge in [-0.3, -0.25) is 4.79 Å². The third-order valence-electron chi connectivity index (χ3n) is 5.03. The van der Waals surface area contributed by atoms with Gasteiger partial charge in [0.25, 0.3) is 0 Å². The summed E-state index contributed by atoms with van der Waals surface area (Å²) < 4.78 is 34.0. The molecule has 0 bridgehead atoms. The van der Waals surface area contributed by atoms with Gasteiger partial charge >= 0.3 is 0 Å². The van der Waals surface area contributed by atoms with Gasteiger partial charge in [0.1, 0.15) is 11.9 Å². The highest BCUT2D eigenvalue weighted by Gasteiger charge is 2.50. The van der Waals surface area contributed by atoms with Crippen LogP contribution in [0.2, 0.25) is 0 Å². The summed E-state index contributed by atoms with van der Waals surface area (Å²) in [4.78, 5) is 13.1. The molecule has 0 radical (unpaired) electrons. The van der Waals surface area contributed by atoms with Crippen molar-refractivity contribution in [3.8, 4) is 5.75 Å². The summed E-state index contributed by atoms with van der Waals surface area (Å²) in [5, 5.41) is 0. The van der Waals surface area contributed by atoms with E-state index >= 15 is 0 Å². The Morgan fingerprint density at radius 2 is 1.76 bits per heavy atom. The minimum Gasteiger partial charge on any atom is -0.497 e. The molecule has 2 heterocycles. The second-order valence-electron chi connectivity index (χ2n) is 6.89. The minimum atomic E-state index is -0.879. The first-order valence-electron chi connectivity index (χ1n) is 9.48. The number of carbonyl (C=O) groups is 1. The van der Waals surface area contributed by atoms with E-state index < -0.39 is 30.9 Å². The molecular weight excluding hydrogens is 376 g/mol. The molecule has 0 unspecified atom stereocenters. The predicted octanol–water partition coefficient (Wildman–Crippen LogP) is 2.64. The van der Waals surface area contributed by atoms with Crippen LogP contribution in [-0.2, 0) is 35.1 Å². The van der Waals surface area contributed by atoms with Crippen molar-refractivity contribution in [1.29, 1.82) is 0 Å². The van der Waals surface area contributed by atoms with E-state index in [9.17, 15) is 4.79 Å². The van der Waals surface area contributed by atoms with Crippen molar-refractivity contribution in [1.82, 2.24) is 0 Å². The number of benzene rings is 2. The Morgan fingerprint density at radius 1 is 1.00 bits per heavy atom. The number of ether oxygens (including phenoxy) is 6. The molecule has 29 heavy (non-hydrogen) atoms. The number of hydrogen-bond acceptors (Lipinski definition) is 7. The molecule has 154 valence electrons. The Balaban J connectivity index is 1.46. The van der Waals surface area contributed by atoms with E-state index in [0.717, 1.165) is 16.9 Å². The Kier molecular flexibility index (Phi) is 6.22. The summed E-state index contributed by atoms with van der Waals surface area (Å²) in [5.74, 6) is 0.530. The van der Waals surface area contributed by atoms with Crippen LogP contribution in [0.1, 0.15) is 17.4 Å². The Hall–Kier alpha value is -2.29. The van der Waals surface area contributed by atoms with Crippen LogP contribution in [0.3, 0.4) is 0 Å². The highest BCUT2D eigenvalue weighted by Crippen LogP contribution is 2.34. The molecule has 0 amide bonds. The number of fused-ring (bicyclic) bond motifs is 1. The summed E-state index contributed by atoms with van der Waals surface area (Å²) in [5.41, 5.74) is 1.76. The Bertz CT molecular complexity index is 808. The molecule has 4 rings (SSSR count). The molecule has 0 spiro atoms.